The summed E-state index contributed by atoms with van der Waals surface area (Å²) in [6.07, 6.45) is 10.1. The predicted molar refractivity (Wildman–Crippen MR) is 117 cm³/mol. The summed E-state index contributed by atoms with van der Waals surface area (Å²) < 4.78 is 1.85. The van der Waals surface area contributed by atoms with E-state index in [0.29, 0.717) is 23.3 Å². The fourth-order valence-electron chi connectivity index (χ4n) is 5.16. The highest BCUT2D eigenvalue weighted by molar-refractivity contribution is 5.69. The minimum Gasteiger partial charge on any atom is -0.507 e. The molecule has 5 rings (SSSR count). The number of aromatic nitrogens is 4. The van der Waals surface area contributed by atoms with Gasteiger partial charge in [-0.2, -0.15) is 0 Å². The number of nitrogens with zero attached hydrogens (tertiary/aromatic N) is 6. The van der Waals surface area contributed by atoms with E-state index in [1.54, 1.807) is 18.6 Å². The summed E-state index contributed by atoms with van der Waals surface area (Å²) in [5.41, 5.74) is 2.48. The quantitative estimate of drug-likeness (QED) is 0.718. The Kier molecular flexibility index (Phi) is 4.50. The van der Waals surface area contributed by atoms with Crippen molar-refractivity contribution in [2.24, 2.45) is 0 Å². The smallest absolute Gasteiger partial charge is 0.151 e. The first-order valence-electron chi connectivity index (χ1n) is 10.6. The summed E-state index contributed by atoms with van der Waals surface area (Å²) in [5, 5.41) is 19.4. The van der Waals surface area contributed by atoms with Crippen LogP contribution in [-0.2, 0) is 0 Å². The lowest BCUT2D eigenvalue weighted by Crippen LogP contribution is -2.54. The number of rotatable bonds is 4. The number of fused-ring (bicyclic) bond motifs is 2. The van der Waals surface area contributed by atoms with Crippen molar-refractivity contribution >= 4 is 5.82 Å². The van der Waals surface area contributed by atoms with Crippen LogP contribution in [0.25, 0.3) is 16.9 Å². The number of aromatic hydroxyl groups is 1. The van der Waals surface area contributed by atoms with Crippen molar-refractivity contribution in [1.29, 1.82) is 0 Å². The van der Waals surface area contributed by atoms with Crippen molar-refractivity contribution in [2.75, 3.05) is 19.0 Å². The molecule has 2 bridgehead atoms. The molecule has 1 N–H and O–H groups in total. The van der Waals surface area contributed by atoms with Crippen LogP contribution < -0.4 is 4.90 Å². The van der Waals surface area contributed by atoms with Crippen LogP contribution >= 0.6 is 0 Å². The predicted octanol–water partition coefficient (Wildman–Crippen LogP) is 3.49. The topological polar surface area (TPSA) is 70.3 Å². The molecular formula is C23H28N6O. The van der Waals surface area contributed by atoms with E-state index >= 15 is 0 Å². The van der Waals surface area contributed by atoms with Crippen LogP contribution in [0.2, 0.25) is 0 Å². The van der Waals surface area contributed by atoms with E-state index in [2.05, 4.69) is 46.0 Å². The highest BCUT2D eigenvalue weighted by Crippen LogP contribution is 2.44. The SMILES string of the molecule is CN(c1ccc(-c2ccc(-n3ccnc3)cc2O)nn1)[C@@H]1C[C@H]2CC[C@@](C)(C1)N2C. The number of anilines is 1. The molecule has 3 atom stereocenters. The van der Waals surface area contributed by atoms with Gasteiger partial charge >= 0.3 is 0 Å². The molecule has 0 aliphatic carbocycles. The highest BCUT2D eigenvalue weighted by Gasteiger charge is 2.47. The van der Waals surface area contributed by atoms with Gasteiger partial charge in [-0.15, -0.1) is 10.2 Å². The van der Waals surface area contributed by atoms with Crippen LogP contribution in [0.15, 0.2) is 49.1 Å². The fraction of sp³-hybridized carbons (Fsp3) is 0.435. The number of hydrogen-bond donors (Lipinski definition) is 1. The molecule has 0 amide bonds. The van der Waals surface area contributed by atoms with Crippen molar-refractivity contribution in [3.63, 3.8) is 0 Å². The molecule has 156 valence electrons. The molecule has 0 unspecified atom stereocenters. The molecule has 2 fully saturated rings. The maximum Gasteiger partial charge on any atom is 0.151 e. The average Bonchev–Trinajstić information content (AvgIpc) is 3.33. The molecular weight excluding hydrogens is 376 g/mol. The molecule has 0 saturated carbocycles. The Labute approximate surface area is 177 Å². The molecule has 2 aliphatic rings. The van der Waals surface area contributed by atoms with Gasteiger partial charge in [0.15, 0.2) is 5.82 Å². The molecule has 2 aliphatic heterocycles. The Morgan fingerprint density at radius 3 is 2.73 bits per heavy atom. The Balaban J connectivity index is 1.35. The number of phenols is 1. The zero-order valence-corrected chi connectivity index (χ0v) is 17.7. The van der Waals surface area contributed by atoms with Crippen molar-refractivity contribution < 1.29 is 5.11 Å². The first kappa shape index (κ1) is 19.1. The standard InChI is InChI=1S/C23H28N6O/c1-23-9-8-16(28(23)3)12-18(14-23)27(2)22-7-6-20(25-26-22)19-5-4-17(13-21(19)30)29-11-10-24-15-29/h4-7,10-11,13,15-16,18,30H,8-9,12,14H2,1-3H3/t16-,18-,23+/m1/s1. The molecule has 30 heavy (non-hydrogen) atoms. The van der Waals surface area contributed by atoms with Crippen LogP contribution in [0.5, 0.6) is 5.75 Å². The van der Waals surface area contributed by atoms with Crippen molar-refractivity contribution in [1.82, 2.24) is 24.6 Å². The number of phenolic OH excluding ortho intramolecular Hbond substituents is 1. The Morgan fingerprint density at radius 1 is 1.20 bits per heavy atom. The number of imidazole rings is 1. The van der Waals surface area contributed by atoms with Crippen LogP contribution in [-0.4, -0.2) is 61.5 Å². The van der Waals surface area contributed by atoms with Crippen LogP contribution in [0, 0.1) is 0 Å². The van der Waals surface area contributed by atoms with E-state index in [9.17, 15) is 5.11 Å². The van der Waals surface area contributed by atoms with Crippen molar-refractivity contribution in [3.8, 4) is 22.7 Å². The van der Waals surface area contributed by atoms with E-state index in [-0.39, 0.29) is 11.3 Å². The minimum absolute atomic E-state index is 0.177. The molecule has 3 aromatic rings. The zero-order chi connectivity index (χ0) is 20.9. The van der Waals surface area contributed by atoms with E-state index < -0.39 is 0 Å². The molecule has 2 saturated heterocycles. The van der Waals surface area contributed by atoms with Gasteiger partial charge in [-0.3, -0.25) is 4.90 Å². The first-order valence-corrected chi connectivity index (χ1v) is 10.6. The number of piperidine rings is 1. The largest absolute Gasteiger partial charge is 0.507 e. The van der Waals surface area contributed by atoms with Gasteiger partial charge in [-0.05, 0) is 63.9 Å². The Morgan fingerprint density at radius 2 is 2.07 bits per heavy atom. The molecule has 7 nitrogen and oxygen atoms in total. The normalized spacial score (nSPS) is 26.1. The molecule has 2 aromatic heterocycles. The van der Waals surface area contributed by atoms with Gasteiger partial charge < -0.3 is 14.6 Å². The maximum absolute atomic E-state index is 10.5. The summed E-state index contributed by atoms with van der Waals surface area (Å²) in [4.78, 5) is 8.90. The maximum atomic E-state index is 10.5. The minimum atomic E-state index is 0.177. The Hall–Kier alpha value is -2.93. The fourth-order valence-corrected chi connectivity index (χ4v) is 5.16. The summed E-state index contributed by atoms with van der Waals surface area (Å²) in [6, 6.07) is 10.6. The van der Waals surface area contributed by atoms with Crippen LogP contribution in [0.1, 0.15) is 32.6 Å². The van der Waals surface area contributed by atoms with Crippen LogP contribution in [0.4, 0.5) is 5.82 Å². The van der Waals surface area contributed by atoms with E-state index in [1.165, 1.54) is 19.3 Å². The van der Waals surface area contributed by atoms with Gasteiger partial charge in [0.05, 0.1) is 17.7 Å². The van der Waals surface area contributed by atoms with E-state index in [4.69, 9.17) is 0 Å². The third-order valence-corrected chi connectivity index (χ3v) is 7.25. The van der Waals surface area contributed by atoms with Crippen molar-refractivity contribution in [3.05, 3.63) is 49.1 Å². The lowest BCUT2D eigenvalue weighted by molar-refractivity contribution is 0.0846. The second-order valence-corrected chi connectivity index (χ2v) is 8.95. The Bertz CT molecular complexity index is 1030. The zero-order valence-electron chi connectivity index (χ0n) is 17.7. The second kappa shape index (κ2) is 7.09. The molecule has 1 aromatic carbocycles. The summed E-state index contributed by atoms with van der Waals surface area (Å²) in [7, 11) is 4.40. The van der Waals surface area contributed by atoms with Gasteiger partial charge in [-0.25, -0.2) is 4.98 Å². The lowest BCUT2D eigenvalue weighted by atomic mass is 9.87. The average molecular weight is 405 g/mol. The van der Waals surface area contributed by atoms with Crippen molar-refractivity contribution in [2.45, 2.75) is 50.2 Å². The summed E-state index contributed by atoms with van der Waals surface area (Å²) in [6.45, 7) is 2.39. The number of hydrogen-bond acceptors (Lipinski definition) is 6. The second-order valence-electron chi connectivity index (χ2n) is 8.95. The number of benzene rings is 1. The summed E-state index contributed by atoms with van der Waals surface area (Å²) in [5.74, 6) is 1.06. The van der Waals surface area contributed by atoms with Gasteiger partial charge in [-0.1, -0.05) is 0 Å². The van der Waals surface area contributed by atoms with Gasteiger partial charge in [0.25, 0.3) is 0 Å². The van der Waals surface area contributed by atoms with E-state index in [1.807, 2.05) is 35.0 Å². The summed E-state index contributed by atoms with van der Waals surface area (Å²) >= 11 is 0. The van der Waals surface area contributed by atoms with Gasteiger partial charge in [0, 0.05) is 48.7 Å². The van der Waals surface area contributed by atoms with E-state index in [0.717, 1.165) is 17.9 Å². The monoisotopic (exact) mass is 404 g/mol. The molecule has 0 spiro atoms. The highest BCUT2D eigenvalue weighted by atomic mass is 16.3. The van der Waals surface area contributed by atoms with Crippen LogP contribution in [0.3, 0.4) is 0 Å². The molecule has 0 radical (unpaired) electrons. The van der Waals surface area contributed by atoms with Gasteiger partial charge in [0.1, 0.15) is 5.75 Å². The lowest BCUT2D eigenvalue weighted by Gasteiger charge is -2.46. The molecule has 4 heterocycles. The third kappa shape index (κ3) is 3.13. The third-order valence-electron chi connectivity index (χ3n) is 7.25. The first-order chi connectivity index (χ1) is 14.4. The molecule has 7 heteroatoms. The van der Waals surface area contributed by atoms with Gasteiger partial charge in [0.2, 0.25) is 0 Å².